The van der Waals surface area contributed by atoms with E-state index >= 15 is 0 Å². The maximum absolute atomic E-state index is 14.0. The van der Waals surface area contributed by atoms with Gasteiger partial charge in [-0.05, 0) is 25.0 Å². The highest BCUT2D eigenvalue weighted by atomic mass is 19.1. The minimum absolute atomic E-state index is 0.206. The van der Waals surface area contributed by atoms with Gasteiger partial charge in [-0.15, -0.1) is 0 Å². The van der Waals surface area contributed by atoms with Crippen molar-refractivity contribution in [3.63, 3.8) is 0 Å². The maximum Gasteiger partial charge on any atom is 0.152 e. The maximum atomic E-state index is 14.0. The molecular formula is C14H18F2N4. The molecule has 0 bridgehead atoms. The predicted molar refractivity (Wildman–Crippen MR) is 76.0 cm³/mol. The monoisotopic (exact) mass is 280 g/mol. The molecule has 2 aromatic rings. The third-order valence-electron chi connectivity index (χ3n) is 3.17. The van der Waals surface area contributed by atoms with Crippen LogP contribution in [0.1, 0.15) is 24.6 Å². The van der Waals surface area contributed by atoms with Crippen LogP contribution in [0, 0.1) is 18.6 Å². The molecule has 0 aliphatic rings. The Morgan fingerprint density at radius 3 is 2.70 bits per heavy atom. The van der Waals surface area contributed by atoms with Gasteiger partial charge >= 0.3 is 0 Å². The van der Waals surface area contributed by atoms with Crippen molar-refractivity contribution < 1.29 is 8.78 Å². The Balaban J connectivity index is 2.43. The van der Waals surface area contributed by atoms with Crippen molar-refractivity contribution >= 4 is 17.2 Å². The Bertz CT molecular complexity index is 635. The average Bonchev–Trinajstić information content (AvgIpc) is 2.66. The van der Waals surface area contributed by atoms with Gasteiger partial charge in [-0.25, -0.2) is 8.78 Å². The zero-order valence-corrected chi connectivity index (χ0v) is 11.8. The van der Waals surface area contributed by atoms with E-state index in [-0.39, 0.29) is 5.69 Å². The normalized spacial score (nSPS) is 10.8. The lowest BCUT2D eigenvalue weighted by Crippen LogP contribution is -2.05. The van der Waals surface area contributed by atoms with Crippen LogP contribution in [0.15, 0.2) is 12.1 Å². The van der Waals surface area contributed by atoms with E-state index < -0.39 is 11.6 Å². The Morgan fingerprint density at radius 2 is 2.05 bits per heavy atom. The third kappa shape index (κ3) is 2.45. The molecule has 3 N–H and O–H groups in total. The van der Waals surface area contributed by atoms with Gasteiger partial charge in [-0.1, -0.05) is 19.4 Å². The summed E-state index contributed by atoms with van der Waals surface area (Å²) in [6.45, 7) is 3.59. The molecule has 0 saturated carbocycles. The molecule has 1 heterocycles. The second-order valence-electron chi connectivity index (χ2n) is 4.76. The fourth-order valence-corrected chi connectivity index (χ4v) is 2.06. The summed E-state index contributed by atoms with van der Waals surface area (Å²) in [5.41, 5.74) is 7.30. The van der Waals surface area contributed by atoms with Crippen molar-refractivity contribution in [1.29, 1.82) is 0 Å². The first-order valence-corrected chi connectivity index (χ1v) is 6.48. The summed E-state index contributed by atoms with van der Waals surface area (Å²) in [5, 5.41) is 6.98. The Hall–Kier alpha value is -2.11. The number of halogens is 2. The molecule has 0 saturated heterocycles. The van der Waals surface area contributed by atoms with Crippen molar-refractivity contribution in [1.82, 2.24) is 9.78 Å². The van der Waals surface area contributed by atoms with Crippen molar-refractivity contribution in [2.24, 2.45) is 7.05 Å². The lowest BCUT2D eigenvalue weighted by Gasteiger charge is -2.11. The fourth-order valence-electron chi connectivity index (χ4n) is 2.06. The highest BCUT2D eigenvalue weighted by Crippen LogP contribution is 2.30. The third-order valence-corrected chi connectivity index (χ3v) is 3.17. The molecule has 0 unspecified atom stereocenters. The SMILES string of the molecule is CCCc1nn(C)c(Nc2c(F)ccc(C)c2F)c1N. The number of anilines is 3. The van der Waals surface area contributed by atoms with Gasteiger partial charge in [0.1, 0.15) is 11.5 Å². The van der Waals surface area contributed by atoms with Crippen molar-refractivity contribution in [3.8, 4) is 0 Å². The zero-order chi connectivity index (χ0) is 14.9. The molecule has 0 aliphatic carbocycles. The Morgan fingerprint density at radius 1 is 1.35 bits per heavy atom. The number of aryl methyl sites for hydroxylation is 3. The van der Waals surface area contributed by atoms with Crippen LogP contribution in [0.4, 0.5) is 26.0 Å². The molecule has 0 spiro atoms. The van der Waals surface area contributed by atoms with Crippen LogP contribution in [0.2, 0.25) is 0 Å². The summed E-state index contributed by atoms with van der Waals surface area (Å²) in [7, 11) is 1.68. The zero-order valence-electron chi connectivity index (χ0n) is 11.8. The molecule has 0 fully saturated rings. The van der Waals surface area contributed by atoms with E-state index in [0.29, 0.717) is 17.1 Å². The number of nitrogens with two attached hydrogens (primary N) is 1. The minimum atomic E-state index is -0.661. The molecule has 6 heteroatoms. The first kappa shape index (κ1) is 14.3. The first-order chi connectivity index (χ1) is 9.45. The molecule has 1 aromatic carbocycles. The Labute approximate surface area is 116 Å². The van der Waals surface area contributed by atoms with Gasteiger partial charge in [0.05, 0.1) is 11.4 Å². The van der Waals surface area contributed by atoms with Crippen LogP contribution in [-0.2, 0) is 13.5 Å². The van der Waals surface area contributed by atoms with Crippen molar-refractivity contribution in [2.75, 3.05) is 11.1 Å². The van der Waals surface area contributed by atoms with E-state index in [1.54, 1.807) is 14.0 Å². The number of nitrogens with one attached hydrogen (secondary N) is 1. The lowest BCUT2D eigenvalue weighted by atomic mass is 10.2. The molecule has 108 valence electrons. The smallest absolute Gasteiger partial charge is 0.152 e. The molecule has 0 amide bonds. The number of nitrogens with zero attached hydrogens (tertiary/aromatic N) is 2. The molecule has 4 nitrogen and oxygen atoms in total. The van der Waals surface area contributed by atoms with E-state index in [1.807, 2.05) is 6.92 Å². The average molecular weight is 280 g/mol. The van der Waals surface area contributed by atoms with Crippen LogP contribution >= 0.6 is 0 Å². The van der Waals surface area contributed by atoms with Crippen molar-refractivity contribution in [3.05, 3.63) is 35.0 Å². The number of hydrogen-bond donors (Lipinski definition) is 2. The van der Waals surface area contributed by atoms with Gasteiger partial charge in [0.15, 0.2) is 11.6 Å². The molecule has 0 atom stereocenters. The molecule has 0 aliphatic heterocycles. The largest absolute Gasteiger partial charge is 0.394 e. The quantitative estimate of drug-likeness (QED) is 0.903. The second kappa shape index (κ2) is 5.48. The summed E-state index contributed by atoms with van der Waals surface area (Å²) in [5.74, 6) is -0.884. The molecule has 20 heavy (non-hydrogen) atoms. The Kier molecular flexibility index (Phi) is 3.92. The predicted octanol–water partition coefficient (Wildman–Crippen LogP) is 3.29. The number of benzene rings is 1. The standard InChI is InChI=1S/C14H18F2N4/c1-4-5-10-12(17)14(20(3)19-10)18-13-9(15)7-6-8(2)11(13)16/h6-7,18H,4-5,17H2,1-3H3. The lowest BCUT2D eigenvalue weighted by molar-refractivity contribution is 0.584. The van der Waals surface area contributed by atoms with Crippen LogP contribution < -0.4 is 11.1 Å². The molecule has 1 aromatic heterocycles. The van der Waals surface area contributed by atoms with Gasteiger partial charge in [0.25, 0.3) is 0 Å². The summed E-state index contributed by atoms with van der Waals surface area (Å²) in [6, 6.07) is 2.62. The van der Waals surface area contributed by atoms with Crippen molar-refractivity contribution in [2.45, 2.75) is 26.7 Å². The molecule has 0 radical (unpaired) electrons. The summed E-state index contributed by atoms with van der Waals surface area (Å²) < 4.78 is 29.3. The summed E-state index contributed by atoms with van der Waals surface area (Å²) >= 11 is 0. The number of rotatable bonds is 4. The van der Waals surface area contributed by atoms with Gasteiger partial charge in [0.2, 0.25) is 0 Å². The van der Waals surface area contributed by atoms with Crippen LogP contribution in [0.5, 0.6) is 0 Å². The van der Waals surface area contributed by atoms with E-state index in [1.165, 1.54) is 16.8 Å². The number of aromatic nitrogens is 2. The minimum Gasteiger partial charge on any atom is -0.394 e. The number of hydrogen-bond acceptors (Lipinski definition) is 3. The van der Waals surface area contributed by atoms with E-state index in [4.69, 9.17) is 5.73 Å². The van der Waals surface area contributed by atoms with E-state index in [2.05, 4.69) is 10.4 Å². The number of nitrogen functional groups attached to an aromatic ring is 1. The summed E-state index contributed by atoms with van der Waals surface area (Å²) in [6.07, 6.45) is 1.62. The van der Waals surface area contributed by atoms with Gasteiger partial charge < -0.3 is 11.1 Å². The topological polar surface area (TPSA) is 55.9 Å². The second-order valence-corrected chi connectivity index (χ2v) is 4.76. The van der Waals surface area contributed by atoms with E-state index in [0.717, 1.165) is 18.5 Å². The first-order valence-electron chi connectivity index (χ1n) is 6.48. The summed E-state index contributed by atoms with van der Waals surface area (Å²) in [4.78, 5) is 0. The van der Waals surface area contributed by atoms with Gasteiger partial charge in [0, 0.05) is 7.05 Å². The highest BCUT2D eigenvalue weighted by Gasteiger charge is 2.17. The van der Waals surface area contributed by atoms with Gasteiger partial charge in [-0.3, -0.25) is 4.68 Å². The highest BCUT2D eigenvalue weighted by molar-refractivity contribution is 5.72. The van der Waals surface area contributed by atoms with Gasteiger partial charge in [-0.2, -0.15) is 5.10 Å². The van der Waals surface area contributed by atoms with Crippen LogP contribution in [0.25, 0.3) is 0 Å². The van der Waals surface area contributed by atoms with E-state index in [9.17, 15) is 8.78 Å². The molecule has 2 rings (SSSR count). The molecular weight excluding hydrogens is 262 g/mol. The van der Waals surface area contributed by atoms with Crippen LogP contribution in [0.3, 0.4) is 0 Å². The van der Waals surface area contributed by atoms with Crippen LogP contribution in [-0.4, -0.2) is 9.78 Å². The fraction of sp³-hybridized carbons (Fsp3) is 0.357.